The summed E-state index contributed by atoms with van der Waals surface area (Å²) in [5, 5.41) is 0. The lowest BCUT2D eigenvalue weighted by molar-refractivity contribution is 0.472. The molecule has 18 heavy (non-hydrogen) atoms. The summed E-state index contributed by atoms with van der Waals surface area (Å²) in [6, 6.07) is 7.31. The second-order valence-electron chi connectivity index (χ2n) is 6.10. The lowest BCUT2D eigenvalue weighted by atomic mass is 10.1. The summed E-state index contributed by atoms with van der Waals surface area (Å²) in [5.41, 5.74) is 1.08. The SMILES string of the molecule is Cc1ccc(S(=O)(=O)N[C@@H]2C3CC4C(C3)C42)cc1. The van der Waals surface area contributed by atoms with E-state index in [0.29, 0.717) is 16.7 Å². The second kappa shape index (κ2) is 3.36. The van der Waals surface area contributed by atoms with Gasteiger partial charge in [-0.15, -0.1) is 0 Å². The van der Waals surface area contributed by atoms with Gasteiger partial charge in [-0.25, -0.2) is 13.1 Å². The molecule has 3 nitrogen and oxygen atoms in total. The van der Waals surface area contributed by atoms with Crippen molar-refractivity contribution in [3.8, 4) is 0 Å². The zero-order valence-corrected chi connectivity index (χ0v) is 11.2. The molecule has 2 unspecified atom stereocenters. The predicted molar refractivity (Wildman–Crippen MR) is 68.5 cm³/mol. The normalized spacial score (nSPS) is 40.2. The van der Waals surface area contributed by atoms with E-state index in [9.17, 15) is 8.42 Å². The maximum Gasteiger partial charge on any atom is 0.240 e. The fourth-order valence-electron chi connectivity index (χ4n) is 4.21. The molecule has 0 saturated heterocycles. The summed E-state index contributed by atoms with van der Waals surface area (Å²) in [6.45, 7) is 1.96. The van der Waals surface area contributed by atoms with Crippen LogP contribution in [0.2, 0.25) is 0 Å². The maximum atomic E-state index is 12.3. The summed E-state index contributed by atoms with van der Waals surface area (Å²) in [4.78, 5) is 0.398. The summed E-state index contributed by atoms with van der Waals surface area (Å²) in [6.07, 6.45) is 2.49. The van der Waals surface area contributed by atoms with Crippen LogP contribution in [0.3, 0.4) is 0 Å². The van der Waals surface area contributed by atoms with E-state index in [4.69, 9.17) is 0 Å². The van der Waals surface area contributed by atoms with Gasteiger partial charge in [-0.1, -0.05) is 17.7 Å². The zero-order chi connectivity index (χ0) is 12.5. The van der Waals surface area contributed by atoms with Crippen molar-refractivity contribution in [3.05, 3.63) is 29.8 Å². The van der Waals surface area contributed by atoms with Crippen LogP contribution in [0.1, 0.15) is 18.4 Å². The molecule has 1 aromatic rings. The van der Waals surface area contributed by atoms with Crippen LogP contribution in [0, 0.1) is 30.6 Å². The maximum absolute atomic E-state index is 12.3. The molecular formula is C14H17NO2S. The molecule has 0 radical (unpaired) electrons. The first-order chi connectivity index (χ1) is 8.56. The Labute approximate surface area is 108 Å². The lowest BCUT2D eigenvalue weighted by Crippen LogP contribution is -2.37. The van der Waals surface area contributed by atoms with Gasteiger partial charge in [0.15, 0.2) is 0 Å². The smallest absolute Gasteiger partial charge is 0.207 e. The molecular weight excluding hydrogens is 246 g/mol. The van der Waals surface area contributed by atoms with Gasteiger partial charge < -0.3 is 0 Å². The highest BCUT2D eigenvalue weighted by atomic mass is 32.2. The molecule has 5 rings (SSSR count). The topological polar surface area (TPSA) is 46.2 Å². The summed E-state index contributed by atoms with van der Waals surface area (Å²) >= 11 is 0. The van der Waals surface area contributed by atoms with Crippen molar-refractivity contribution in [3.63, 3.8) is 0 Å². The molecule has 0 aliphatic heterocycles. The van der Waals surface area contributed by atoms with Crippen LogP contribution in [0.25, 0.3) is 0 Å². The van der Waals surface area contributed by atoms with Crippen molar-refractivity contribution < 1.29 is 8.42 Å². The average Bonchev–Trinajstić information content (AvgIpc) is 2.69. The zero-order valence-electron chi connectivity index (χ0n) is 10.3. The highest BCUT2D eigenvalue weighted by Crippen LogP contribution is 2.70. The van der Waals surface area contributed by atoms with Crippen molar-refractivity contribution in [2.75, 3.05) is 0 Å². The van der Waals surface area contributed by atoms with E-state index in [2.05, 4.69) is 4.72 Å². The fraction of sp³-hybridized carbons (Fsp3) is 0.571. The number of aryl methyl sites for hydroxylation is 1. The number of benzene rings is 1. The van der Waals surface area contributed by atoms with Gasteiger partial charge in [0, 0.05) is 6.04 Å². The van der Waals surface area contributed by atoms with Crippen molar-refractivity contribution in [2.24, 2.45) is 23.7 Å². The first-order valence-corrected chi connectivity index (χ1v) is 8.13. The highest BCUT2D eigenvalue weighted by Gasteiger charge is 2.68. The summed E-state index contributed by atoms with van der Waals surface area (Å²) in [5.74, 6) is 2.92. The Morgan fingerprint density at radius 3 is 2.22 bits per heavy atom. The molecule has 4 heteroatoms. The first-order valence-electron chi connectivity index (χ1n) is 6.65. The highest BCUT2D eigenvalue weighted by molar-refractivity contribution is 7.89. The predicted octanol–water partition coefficient (Wildman–Crippen LogP) is 1.93. The third-order valence-electron chi connectivity index (χ3n) is 5.09. The van der Waals surface area contributed by atoms with Crippen LogP contribution in [-0.4, -0.2) is 14.5 Å². The third kappa shape index (κ3) is 1.42. The Morgan fingerprint density at radius 1 is 1.11 bits per heavy atom. The van der Waals surface area contributed by atoms with Crippen molar-refractivity contribution in [1.29, 1.82) is 0 Å². The van der Waals surface area contributed by atoms with E-state index in [0.717, 1.165) is 17.4 Å². The summed E-state index contributed by atoms with van der Waals surface area (Å²) < 4.78 is 27.6. The van der Waals surface area contributed by atoms with Crippen molar-refractivity contribution in [1.82, 2.24) is 4.72 Å². The van der Waals surface area contributed by atoms with E-state index in [1.165, 1.54) is 12.8 Å². The third-order valence-corrected chi connectivity index (χ3v) is 6.57. The Morgan fingerprint density at radius 2 is 1.72 bits per heavy atom. The van der Waals surface area contributed by atoms with Crippen molar-refractivity contribution in [2.45, 2.75) is 30.7 Å². The molecule has 1 N–H and O–H groups in total. The largest absolute Gasteiger partial charge is 0.240 e. The average molecular weight is 263 g/mol. The van der Waals surface area contributed by atoms with E-state index in [1.807, 2.05) is 19.1 Å². The molecule has 0 amide bonds. The number of nitrogens with one attached hydrogen (secondary N) is 1. The van der Waals surface area contributed by atoms with Gasteiger partial charge in [0.25, 0.3) is 0 Å². The van der Waals surface area contributed by atoms with Gasteiger partial charge in [0.2, 0.25) is 10.0 Å². The molecule has 4 aliphatic carbocycles. The molecule has 96 valence electrons. The molecule has 0 spiro atoms. The van der Waals surface area contributed by atoms with Crippen LogP contribution in [0.5, 0.6) is 0 Å². The second-order valence-corrected chi connectivity index (χ2v) is 7.81. The monoisotopic (exact) mass is 263 g/mol. The molecule has 4 saturated carbocycles. The lowest BCUT2D eigenvalue weighted by Gasteiger charge is -2.17. The first kappa shape index (κ1) is 11.0. The van der Waals surface area contributed by atoms with E-state index < -0.39 is 10.0 Å². The minimum absolute atomic E-state index is 0.214. The quantitative estimate of drug-likeness (QED) is 0.905. The van der Waals surface area contributed by atoms with Crippen LogP contribution < -0.4 is 4.72 Å². The van der Waals surface area contributed by atoms with Crippen molar-refractivity contribution >= 4 is 10.0 Å². The molecule has 3 atom stereocenters. The van der Waals surface area contributed by atoms with E-state index in [-0.39, 0.29) is 6.04 Å². The van der Waals surface area contributed by atoms with Gasteiger partial charge in [0.05, 0.1) is 4.90 Å². The molecule has 4 bridgehead atoms. The Kier molecular flexibility index (Phi) is 2.06. The van der Waals surface area contributed by atoms with E-state index >= 15 is 0 Å². The van der Waals surface area contributed by atoms with Gasteiger partial charge in [-0.2, -0.15) is 0 Å². The van der Waals surface area contributed by atoms with Crippen LogP contribution in [0.15, 0.2) is 29.2 Å². The van der Waals surface area contributed by atoms with Crippen LogP contribution >= 0.6 is 0 Å². The Hall–Kier alpha value is -0.870. The van der Waals surface area contributed by atoms with E-state index in [1.54, 1.807) is 12.1 Å². The van der Waals surface area contributed by atoms with Gasteiger partial charge in [0.1, 0.15) is 0 Å². The van der Waals surface area contributed by atoms with Crippen LogP contribution in [-0.2, 0) is 10.0 Å². The molecule has 0 aromatic heterocycles. The number of rotatable bonds is 3. The number of hydrogen-bond acceptors (Lipinski definition) is 2. The molecule has 1 aromatic carbocycles. The molecule has 0 heterocycles. The van der Waals surface area contributed by atoms with Gasteiger partial charge >= 0.3 is 0 Å². The van der Waals surface area contributed by atoms with Gasteiger partial charge in [-0.3, -0.25) is 0 Å². The minimum Gasteiger partial charge on any atom is -0.207 e. The summed E-state index contributed by atoms with van der Waals surface area (Å²) in [7, 11) is -3.32. The molecule has 4 fully saturated rings. The standard InChI is InChI=1S/C14H17NO2S/c1-8-2-4-10(5-3-8)18(16,17)15-14-9-6-11-12(7-9)13(11)14/h2-5,9,11-15H,6-7H2,1H3/t9?,11?,12?,13?,14-/m1/s1. The molecule has 4 aliphatic rings. The van der Waals surface area contributed by atoms with Crippen LogP contribution in [0.4, 0.5) is 0 Å². The van der Waals surface area contributed by atoms with Gasteiger partial charge in [-0.05, 0) is 55.6 Å². The minimum atomic E-state index is -3.32. The number of sulfonamides is 1. The Balaban J connectivity index is 1.59. The fourth-order valence-corrected chi connectivity index (χ4v) is 5.55. The Bertz CT molecular complexity index is 579. The number of hydrogen-bond donors (Lipinski definition) is 1.